The number of hydrogen-bond acceptors (Lipinski definition) is 9. The van der Waals surface area contributed by atoms with Gasteiger partial charge in [-0.2, -0.15) is 17.6 Å². The summed E-state index contributed by atoms with van der Waals surface area (Å²) < 4.78 is 87.4. The fourth-order valence-corrected chi connectivity index (χ4v) is 7.60. The number of nitrogens with zero attached hydrogens (tertiary/aromatic N) is 3. The van der Waals surface area contributed by atoms with E-state index >= 15 is 0 Å². The van der Waals surface area contributed by atoms with E-state index in [1.807, 2.05) is 40.7 Å². The summed E-state index contributed by atoms with van der Waals surface area (Å²) in [5.41, 5.74) is -0.109. The van der Waals surface area contributed by atoms with Crippen molar-refractivity contribution in [1.29, 1.82) is 0 Å². The quantitative estimate of drug-likeness (QED) is 0.392. The van der Waals surface area contributed by atoms with E-state index in [1.165, 1.54) is 6.07 Å². The van der Waals surface area contributed by atoms with E-state index in [2.05, 4.69) is 15.4 Å². The molecule has 1 saturated carbocycles. The SMILES string of the molecule is CC(C)NC(=O)O[C@@H]1CC[C@H](c2cc(Nc3ccc(N(S(C)(=O)=O)S(C)(=O)=O)c(OC(F)F)c3)n(C(C)(C)C)n2)C1. The minimum atomic E-state index is -4.41. The first-order valence-corrected chi connectivity index (χ1v) is 16.6. The third kappa shape index (κ3) is 8.44. The number of hydrogen-bond donors (Lipinski definition) is 2. The van der Waals surface area contributed by atoms with Crippen molar-refractivity contribution in [3.05, 3.63) is 30.0 Å². The molecule has 0 unspecified atom stereocenters. The van der Waals surface area contributed by atoms with Gasteiger partial charge in [0.25, 0.3) is 0 Å². The van der Waals surface area contributed by atoms with E-state index in [0.29, 0.717) is 31.2 Å². The molecular formula is C25H37F2N5O7S2. The Hall–Kier alpha value is -3.14. The van der Waals surface area contributed by atoms with E-state index in [-0.39, 0.29) is 27.5 Å². The summed E-state index contributed by atoms with van der Waals surface area (Å²) >= 11 is 0. The number of ether oxygens (including phenoxy) is 2. The third-order valence-corrected chi connectivity index (χ3v) is 9.32. The van der Waals surface area contributed by atoms with Gasteiger partial charge in [-0.15, -0.1) is 0 Å². The minimum absolute atomic E-state index is 0.00850. The predicted octanol–water partition coefficient (Wildman–Crippen LogP) is 4.48. The number of nitrogens with one attached hydrogen (secondary N) is 2. The molecule has 0 bridgehead atoms. The first-order valence-electron chi connectivity index (χ1n) is 12.9. The molecule has 0 aliphatic heterocycles. The van der Waals surface area contributed by atoms with E-state index in [1.54, 1.807) is 4.68 Å². The van der Waals surface area contributed by atoms with Gasteiger partial charge < -0.3 is 20.1 Å². The summed E-state index contributed by atoms with van der Waals surface area (Å²) in [5, 5.41) is 10.6. The largest absolute Gasteiger partial charge is 0.446 e. The Morgan fingerprint density at radius 1 is 1.10 bits per heavy atom. The van der Waals surface area contributed by atoms with Gasteiger partial charge in [-0.25, -0.2) is 26.3 Å². The van der Waals surface area contributed by atoms with Crippen LogP contribution in [0, 0.1) is 0 Å². The van der Waals surface area contributed by atoms with Gasteiger partial charge in [0.15, 0.2) is 5.75 Å². The standard InChI is InChI=1S/C25H37F2N5O7S2/c1-15(2)28-24(33)38-18-10-8-16(12-18)19-14-22(31(30-19)25(3,4)5)29-17-9-11-20(21(13-17)39-23(26)27)32(40(6,34)35)41(7,36)37/h9,11,13-16,18,23,29H,8,10,12H2,1-7H3,(H,28,33)/t16-,18+/m0/s1. The molecule has 1 fully saturated rings. The van der Waals surface area contributed by atoms with E-state index in [0.717, 1.165) is 24.2 Å². The van der Waals surface area contributed by atoms with Crippen LogP contribution in [0.4, 0.5) is 30.8 Å². The average molecular weight is 622 g/mol. The van der Waals surface area contributed by atoms with Crippen LogP contribution < -0.4 is 19.1 Å². The molecule has 0 saturated heterocycles. The normalized spacial score (nSPS) is 18.0. The van der Waals surface area contributed by atoms with Crippen molar-refractivity contribution >= 4 is 43.3 Å². The Morgan fingerprint density at radius 3 is 2.27 bits per heavy atom. The zero-order chi connectivity index (χ0) is 30.9. The number of carbonyl (C=O) groups excluding carboxylic acids is 1. The summed E-state index contributed by atoms with van der Waals surface area (Å²) in [5.74, 6) is -0.138. The highest BCUT2D eigenvalue weighted by Gasteiger charge is 2.33. The molecule has 1 aromatic carbocycles. The number of alkyl halides is 2. The highest BCUT2D eigenvalue weighted by atomic mass is 32.3. The van der Waals surface area contributed by atoms with Gasteiger partial charge >= 0.3 is 12.7 Å². The average Bonchev–Trinajstić information content (AvgIpc) is 3.39. The summed E-state index contributed by atoms with van der Waals surface area (Å²) in [6.45, 7) is 6.12. The molecule has 1 aliphatic carbocycles. The number of aromatic nitrogens is 2. The lowest BCUT2D eigenvalue weighted by atomic mass is 10.0. The zero-order valence-electron chi connectivity index (χ0n) is 24.0. The van der Waals surface area contributed by atoms with Crippen LogP contribution in [0.5, 0.6) is 5.75 Å². The van der Waals surface area contributed by atoms with Gasteiger partial charge in [0.2, 0.25) is 20.0 Å². The molecule has 2 aromatic rings. The molecule has 1 amide bonds. The number of benzene rings is 1. The maximum atomic E-state index is 13.3. The van der Waals surface area contributed by atoms with Crippen LogP contribution in [-0.2, 0) is 30.3 Å². The zero-order valence-corrected chi connectivity index (χ0v) is 25.6. The Balaban J connectivity index is 1.94. The minimum Gasteiger partial charge on any atom is -0.446 e. The number of carbonyl (C=O) groups is 1. The van der Waals surface area contributed by atoms with Crippen LogP contribution in [-0.4, -0.2) is 64.0 Å². The van der Waals surface area contributed by atoms with Crippen molar-refractivity contribution in [2.75, 3.05) is 21.5 Å². The summed E-state index contributed by atoms with van der Waals surface area (Å²) in [6.07, 6.45) is 2.56. The number of halogens is 2. The first kappa shape index (κ1) is 32.4. The van der Waals surface area contributed by atoms with Gasteiger partial charge in [0.1, 0.15) is 17.6 Å². The summed E-state index contributed by atoms with van der Waals surface area (Å²) in [6, 6.07) is 5.29. The first-order chi connectivity index (χ1) is 18.8. The Kier molecular flexibility index (Phi) is 9.47. The van der Waals surface area contributed by atoms with Crippen LogP contribution in [0.3, 0.4) is 0 Å². The molecule has 16 heteroatoms. The maximum absolute atomic E-state index is 13.3. The van der Waals surface area contributed by atoms with Crippen molar-refractivity contribution < 1.29 is 39.9 Å². The number of amides is 1. The maximum Gasteiger partial charge on any atom is 0.407 e. The highest BCUT2D eigenvalue weighted by molar-refractivity contribution is 8.09. The number of anilines is 3. The van der Waals surface area contributed by atoms with Crippen molar-refractivity contribution in [3.63, 3.8) is 0 Å². The predicted molar refractivity (Wildman–Crippen MR) is 151 cm³/mol. The second kappa shape index (κ2) is 12.0. The monoisotopic (exact) mass is 621 g/mol. The van der Waals surface area contributed by atoms with Gasteiger partial charge in [0.05, 0.1) is 23.7 Å². The second-order valence-electron chi connectivity index (χ2n) is 11.3. The lowest BCUT2D eigenvalue weighted by Crippen LogP contribution is -2.35. The molecule has 12 nitrogen and oxygen atoms in total. The summed E-state index contributed by atoms with van der Waals surface area (Å²) in [4.78, 5) is 12.0. The second-order valence-corrected chi connectivity index (χ2v) is 15.2. The number of rotatable bonds is 10. The van der Waals surface area contributed by atoms with Crippen LogP contribution in [0.2, 0.25) is 0 Å². The van der Waals surface area contributed by atoms with Crippen molar-refractivity contribution in [2.24, 2.45) is 0 Å². The van der Waals surface area contributed by atoms with Crippen LogP contribution >= 0.6 is 0 Å². The van der Waals surface area contributed by atoms with Gasteiger partial charge in [0, 0.05) is 29.8 Å². The number of alkyl carbamates (subject to hydrolysis) is 1. The summed E-state index contributed by atoms with van der Waals surface area (Å²) in [7, 11) is -8.81. The molecule has 230 valence electrons. The van der Waals surface area contributed by atoms with E-state index in [4.69, 9.17) is 9.84 Å². The Labute approximate surface area is 239 Å². The lowest BCUT2D eigenvalue weighted by molar-refractivity contribution is -0.0493. The lowest BCUT2D eigenvalue weighted by Gasteiger charge is -2.24. The van der Waals surface area contributed by atoms with Crippen LogP contribution in [0.15, 0.2) is 24.3 Å². The van der Waals surface area contributed by atoms with E-state index < -0.39 is 49.7 Å². The van der Waals surface area contributed by atoms with E-state index in [9.17, 15) is 30.4 Å². The van der Waals surface area contributed by atoms with Crippen LogP contribution in [0.1, 0.15) is 65.5 Å². The van der Waals surface area contributed by atoms with Crippen molar-refractivity contribution in [1.82, 2.24) is 15.1 Å². The van der Waals surface area contributed by atoms with Gasteiger partial charge in [-0.1, -0.05) is 0 Å². The Morgan fingerprint density at radius 2 is 1.73 bits per heavy atom. The molecule has 2 atom stereocenters. The fourth-order valence-electron chi connectivity index (χ4n) is 4.62. The Bertz CT molecular complexity index is 1440. The molecule has 3 rings (SSSR count). The topological polar surface area (TPSA) is 149 Å². The van der Waals surface area contributed by atoms with Crippen molar-refractivity contribution in [3.8, 4) is 5.75 Å². The molecular weight excluding hydrogens is 584 g/mol. The molecule has 1 aromatic heterocycles. The van der Waals surface area contributed by atoms with Gasteiger partial charge in [-0.05, 0) is 66.0 Å². The molecule has 0 radical (unpaired) electrons. The third-order valence-electron chi connectivity index (χ3n) is 6.09. The molecule has 1 aliphatic rings. The highest BCUT2D eigenvalue weighted by Crippen LogP contribution is 2.39. The smallest absolute Gasteiger partial charge is 0.407 e. The molecule has 1 heterocycles. The van der Waals surface area contributed by atoms with Crippen molar-refractivity contribution in [2.45, 2.75) is 84.1 Å². The molecule has 0 spiro atoms. The fraction of sp³-hybridized carbons (Fsp3) is 0.600. The molecule has 41 heavy (non-hydrogen) atoms. The van der Waals surface area contributed by atoms with Crippen LogP contribution in [0.25, 0.3) is 0 Å². The number of sulfonamides is 2. The molecule has 2 N–H and O–H groups in total. The van der Waals surface area contributed by atoms with Gasteiger partial charge in [-0.3, -0.25) is 0 Å².